The fourth-order valence-electron chi connectivity index (χ4n) is 6.10. The van der Waals surface area contributed by atoms with Gasteiger partial charge in [-0.05, 0) is 57.3 Å². The number of hydrogen-bond donors (Lipinski definition) is 1. The molecule has 1 N–H and O–H groups in total. The molecule has 0 radical (unpaired) electrons. The average Bonchev–Trinajstić information content (AvgIpc) is 3.87. The van der Waals surface area contributed by atoms with E-state index in [-0.39, 0.29) is 25.2 Å². The summed E-state index contributed by atoms with van der Waals surface area (Å²) in [5, 5.41) is 10.0. The highest BCUT2D eigenvalue weighted by molar-refractivity contribution is 5.69. The van der Waals surface area contributed by atoms with Crippen molar-refractivity contribution in [1.82, 2.24) is 0 Å². The van der Waals surface area contributed by atoms with Crippen LogP contribution in [0.2, 0.25) is 0 Å². The number of carbonyl (C=O) groups excluding carboxylic acids is 2. The van der Waals surface area contributed by atoms with E-state index in [9.17, 15) is 14.7 Å². The lowest BCUT2D eigenvalue weighted by molar-refractivity contribution is -0.152. The van der Waals surface area contributed by atoms with Crippen molar-refractivity contribution in [2.24, 2.45) is 5.92 Å². The minimum absolute atomic E-state index is 0.135. The maximum Gasteiger partial charge on any atom is 0.305 e. The van der Waals surface area contributed by atoms with Crippen LogP contribution in [0.15, 0.2) is 36.5 Å². The SMILES string of the molecule is CCCCC/C=C\CC1OC1C/C=C\C/C=C\CCCC(=O)OC[C@H](O)COC(=O)CCCCCCCCCCCCCCCCC(C)CC. The van der Waals surface area contributed by atoms with Crippen molar-refractivity contribution in [3.8, 4) is 0 Å². The largest absolute Gasteiger partial charge is 0.463 e. The van der Waals surface area contributed by atoms with E-state index in [1.165, 1.54) is 109 Å². The second-order valence-electron chi connectivity index (χ2n) is 14.7. The standard InChI is InChI=1S/C44H78O6/c1-4-6-7-8-23-28-33-41-42(50-41)34-29-24-19-17-21-26-31-36-44(47)49-38-40(45)37-48-43(46)35-30-25-20-16-14-12-10-9-11-13-15-18-22-27-32-39(3)5-2/h17,21,23-24,28-29,39-42,45H,4-16,18-20,22,25-27,30-38H2,1-3H3/b21-17-,28-23-,29-24-/t39?,40-,41?,42?/m1/s1. The van der Waals surface area contributed by atoms with Crippen molar-refractivity contribution in [3.05, 3.63) is 36.5 Å². The number of allylic oxidation sites excluding steroid dienone is 4. The Morgan fingerprint density at radius 3 is 1.62 bits per heavy atom. The number of aliphatic hydroxyl groups is 1. The molecule has 290 valence electrons. The first-order valence-corrected chi connectivity index (χ1v) is 21.1. The maximum atomic E-state index is 12.0. The molecule has 1 rings (SSSR count). The fourth-order valence-corrected chi connectivity index (χ4v) is 6.10. The molecule has 0 aromatic heterocycles. The first kappa shape index (κ1) is 46.1. The van der Waals surface area contributed by atoms with Gasteiger partial charge in [-0.25, -0.2) is 0 Å². The van der Waals surface area contributed by atoms with Crippen LogP contribution in [-0.4, -0.2) is 48.6 Å². The predicted molar refractivity (Wildman–Crippen MR) is 209 cm³/mol. The number of carbonyl (C=O) groups is 2. The van der Waals surface area contributed by atoms with E-state index in [1.54, 1.807) is 0 Å². The Morgan fingerprint density at radius 2 is 1.06 bits per heavy atom. The van der Waals surface area contributed by atoms with Crippen LogP contribution in [0.4, 0.5) is 0 Å². The highest BCUT2D eigenvalue weighted by Gasteiger charge is 2.35. The van der Waals surface area contributed by atoms with E-state index >= 15 is 0 Å². The van der Waals surface area contributed by atoms with Crippen molar-refractivity contribution in [1.29, 1.82) is 0 Å². The molecular weight excluding hydrogens is 624 g/mol. The summed E-state index contributed by atoms with van der Waals surface area (Å²) in [6.45, 7) is 6.61. The smallest absolute Gasteiger partial charge is 0.305 e. The molecule has 0 aromatic carbocycles. The minimum Gasteiger partial charge on any atom is -0.463 e. The summed E-state index contributed by atoms with van der Waals surface area (Å²) in [4.78, 5) is 24.0. The summed E-state index contributed by atoms with van der Waals surface area (Å²) in [5.74, 6) is 0.269. The average molecular weight is 703 g/mol. The van der Waals surface area contributed by atoms with Crippen molar-refractivity contribution in [2.75, 3.05) is 13.2 Å². The van der Waals surface area contributed by atoms with Gasteiger partial charge in [0.2, 0.25) is 0 Å². The summed E-state index contributed by atoms with van der Waals surface area (Å²) >= 11 is 0. The molecule has 0 saturated carbocycles. The van der Waals surface area contributed by atoms with Gasteiger partial charge < -0.3 is 19.3 Å². The third-order valence-electron chi connectivity index (χ3n) is 9.82. The molecule has 0 spiro atoms. The first-order chi connectivity index (χ1) is 24.5. The Labute approximate surface area is 308 Å². The van der Waals surface area contributed by atoms with Crippen LogP contribution in [0.25, 0.3) is 0 Å². The molecule has 1 saturated heterocycles. The van der Waals surface area contributed by atoms with Gasteiger partial charge in [-0.1, -0.05) is 166 Å². The molecule has 1 heterocycles. The second-order valence-corrected chi connectivity index (χ2v) is 14.7. The van der Waals surface area contributed by atoms with E-state index < -0.39 is 6.10 Å². The Hall–Kier alpha value is -1.92. The minimum atomic E-state index is -0.989. The number of esters is 2. The van der Waals surface area contributed by atoms with Gasteiger partial charge in [0.15, 0.2) is 0 Å². The second kappa shape index (κ2) is 34.2. The Balaban J connectivity index is 1.84. The summed E-state index contributed by atoms with van der Waals surface area (Å²) < 4.78 is 16.1. The van der Waals surface area contributed by atoms with Crippen LogP contribution in [0.5, 0.6) is 0 Å². The quantitative estimate of drug-likeness (QED) is 0.0303. The molecule has 50 heavy (non-hydrogen) atoms. The van der Waals surface area contributed by atoms with Gasteiger partial charge in [0.1, 0.15) is 19.3 Å². The van der Waals surface area contributed by atoms with Crippen LogP contribution in [0, 0.1) is 5.92 Å². The lowest BCUT2D eigenvalue weighted by Gasteiger charge is -2.12. The molecule has 1 aliphatic rings. The van der Waals surface area contributed by atoms with Crippen molar-refractivity contribution < 1.29 is 28.9 Å². The first-order valence-electron chi connectivity index (χ1n) is 21.1. The van der Waals surface area contributed by atoms with Gasteiger partial charge >= 0.3 is 11.9 Å². The van der Waals surface area contributed by atoms with Crippen molar-refractivity contribution >= 4 is 11.9 Å². The lowest BCUT2D eigenvalue weighted by Crippen LogP contribution is -2.25. The van der Waals surface area contributed by atoms with Crippen LogP contribution in [0.3, 0.4) is 0 Å². The van der Waals surface area contributed by atoms with Crippen LogP contribution < -0.4 is 0 Å². The summed E-state index contributed by atoms with van der Waals surface area (Å²) in [6.07, 6.45) is 43.7. The molecule has 0 amide bonds. The molecule has 1 fully saturated rings. The monoisotopic (exact) mass is 703 g/mol. The van der Waals surface area contributed by atoms with E-state index in [4.69, 9.17) is 14.2 Å². The number of rotatable bonds is 36. The topological polar surface area (TPSA) is 85.4 Å². The number of ether oxygens (including phenoxy) is 3. The zero-order chi connectivity index (χ0) is 36.3. The molecule has 6 heteroatoms. The number of unbranched alkanes of at least 4 members (excludes halogenated alkanes) is 17. The highest BCUT2D eigenvalue weighted by Crippen LogP contribution is 2.29. The summed E-state index contributed by atoms with van der Waals surface area (Å²) in [7, 11) is 0. The highest BCUT2D eigenvalue weighted by atomic mass is 16.6. The fraction of sp³-hybridized carbons (Fsp3) is 0.818. The van der Waals surface area contributed by atoms with Gasteiger partial charge in [-0.15, -0.1) is 0 Å². The number of epoxide rings is 1. The van der Waals surface area contributed by atoms with Gasteiger partial charge in [-0.2, -0.15) is 0 Å². The number of aliphatic hydroxyl groups excluding tert-OH is 1. The normalized spacial score (nSPS) is 17.2. The van der Waals surface area contributed by atoms with Gasteiger partial charge in [-0.3, -0.25) is 9.59 Å². The molecule has 4 atom stereocenters. The number of hydrogen-bond acceptors (Lipinski definition) is 6. The van der Waals surface area contributed by atoms with E-state index in [2.05, 4.69) is 57.2 Å². The third kappa shape index (κ3) is 30.9. The molecule has 0 aliphatic carbocycles. The van der Waals surface area contributed by atoms with Gasteiger partial charge in [0, 0.05) is 12.8 Å². The zero-order valence-corrected chi connectivity index (χ0v) is 32.8. The van der Waals surface area contributed by atoms with E-state index in [0.29, 0.717) is 31.5 Å². The van der Waals surface area contributed by atoms with Crippen LogP contribution in [0.1, 0.15) is 194 Å². The Kier molecular flexibility index (Phi) is 31.5. The van der Waals surface area contributed by atoms with Gasteiger partial charge in [0.25, 0.3) is 0 Å². The molecule has 0 aromatic rings. The Morgan fingerprint density at radius 1 is 0.600 bits per heavy atom. The van der Waals surface area contributed by atoms with Crippen molar-refractivity contribution in [2.45, 2.75) is 212 Å². The predicted octanol–water partition coefficient (Wildman–Crippen LogP) is 12.1. The summed E-state index contributed by atoms with van der Waals surface area (Å²) in [6, 6.07) is 0. The van der Waals surface area contributed by atoms with Crippen LogP contribution >= 0.6 is 0 Å². The molecular formula is C44H78O6. The van der Waals surface area contributed by atoms with Crippen molar-refractivity contribution in [3.63, 3.8) is 0 Å². The van der Waals surface area contributed by atoms with Crippen LogP contribution in [-0.2, 0) is 23.8 Å². The molecule has 1 aliphatic heterocycles. The van der Waals surface area contributed by atoms with E-state index in [1.807, 2.05) is 0 Å². The maximum absolute atomic E-state index is 12.0. The lowest BCUT2D eigenvalue weighted by atomic mass is 9.99. The van der Waals surface area contributed by atoms with Gasteiger partial charge in [0.05, 0.1) is 12.2 Å². The molecule has 3 unspecified atom stereocenters. The zero-order valence-electron chi connectivity index (χ0n) is 32.8. The summed E-state index contributed by atoms with van der Waals surface area (Å²) in [5.41, 5.74) is 0. The third-order valence-corrected chi connectivity index (χ3v) is 9.82. The molecule has 6 nitrogen and oxygen atoms in total. The molecule has 0 bridgehead atoms. The Bertz CT molecular complexity index is 880. The van der Waals surface area contributed by atoms with E-state index in [0.717, 1.165) is 50.9 Å².